The molecule has 0 N–H and O–H groups in total. The summed E-state index contributed by atoms with van der Waals surface area (Å²) >= 11 is 3.36. The number of aromatic nitrogens is 4. The van der Waals surface area contributed by atoms with Crippen LogP contribution in [0.2, 0.25) is 0 Å². The highest BCUT2D eigenvalue weighted by molar-refractivity contribution is 9.10. The SMILES string of the molecule is CC1CN(Cc2ccccc2)CCCN1C(=O)c1ccc(-n2cc(Br)cn2)nn1. The molecule has 0 radical (unpaired) electrons. The Balaban J connectivity index is 1.43. The molecular formula is C21H23BrN6O. The number of amides is 1. The summed E-state index contributed by atoms with van der Waals surface area (Å²) < 4.78 is 2.47. The summed E-state index contributed by atoms with van der Waals surface area (Å²) in [4.78, 5) is 17.4. The number of rotatable bonds is 4. The van der Waals surface area contributed by atoms with E-state index in [0.29, 0.717) is 11.5 Å². The van der Waals surface area contributed by atoms with Gasteiger partial charge in [0.25, 0.3) is 5.91 Å². The quantitative estimate of drug-likeness (QED) is 0.605. The van der Waals surface area contributed by atoms with Crippen molar-refractivity contribution in [1.82, 2.24) is 29.8 Å². The van der Waals surface area contributed by atoms with Gasteiger partial charge in [-0.15, -0.1) is 10.2 Å². The van der Waals surface area contributed by atoms with Crippen molar-refractivity contribution in [2.45, 2.75) is 25.9 Å². The molecule has 8 heteroatoms. The highest BCUT2D eigenvalue weighted by atomic mass is 79.9. The molecule has 0 spiro atoms. The van der Waals surface area contributed by atoms with Crippen LogP contribution in [-0.4, -0.2) is 61.4 Å². The van der Waals surface area contributed by atoms with Crippen molar-refractivity contribution in [3.8, 4) is 5.82 Å². The molecule has 1 fully saturated rings. The maximum Gasteiger partial charge on any atom is 0.274 e. The zero-order chi connectivity index (χ0) is 20.2. The van der Waals surface area contributed by atoms with Gasteiger partial charge < -0.3 is 4.90 Å². The van der Waals surface area contributed by atoms with E-state index in [4.69, 9.17) is 0 Å². The van der Waals surface area contributed by atoms with E-state index in [1.165, 1.54) is 5.56 Å². The number of nitrogens with zero attached hydrogens (tertiary/aromatic N) is 6. The maximum absolute atomic E-state index is 13.1. The van der Waals surface area contributed by atoms with Gasteiger partial charge >= 0.3 is 0 Å². The molecule has 1 unspecified atom stereocenters. The van der Waals surface area contributed by atoms with E-state index >= 15 is 0 Å². The molecule has 1 aliphatic heterocycles. The molecule has 29 heavy (non-hydrogen) atoms. The molecule has 1 aliphatic rings. The summed E-state index contributed by atoms with van der Waals surface area (Å²) in [5.74, 6) is 0.505. The number of halogens is 1. The average molecular weight is 455 g/mol. The molecule has 3 heterocycles. The van der Waals surface area contributed by atoms with Gasteiger partial charge in [0.15, 0.2) is 11.5 Å². The first kappa shape index (κ1) is 19.7. The van der Waals surface area contributed by atoms with Crippen molar-refractivity contribution >= 4 is 21.8 Å². The van der Waals surface area contributed by atoms with Gasteiger partial charge in [0.05, 0.1) is 10.7 Å². The van der Waals surface area contributed by atoms with E-state index in [1.54, 1.807) is 29.2 Å². The smallest absolute Gasteiger partial charge is 0.274 e. The van der Waals surface area contributed by atoms with E-state index in [1.807, 2.05) is 11.0 Å². The summed E-state index contributed by atoms with van der Waals surface area (Å²) in [6.07, 6.45) is 4.42. The van der Waals surface area contributed by atoms with Crippen LogP contribution < -0.4 is 0 Å². The third-order valence-electron chi connectivity index (χ3n) is 5.09. The van der Waals surface area contributed by atoms with Gasteiger partial charge in [-0.1, -0.05) is 30.3 Å². The second kappa shape index (κ2) is 8.84. The van der Waals surface area contributed by atoms with Crippen LogP contribution in [0.15, 0.2) is 59.3 Å². The molecule has 1 aromatic carbocycles. The Labute approximate surface area is 178 Å². The Morgan fingerprint density at radius 1 is 1.14 bits per heavy atom. The summed E-state index contributed by atoms with van der Waals surface area (Å²) in [6, 6.07) is 14.1. The van der Waals surface area contributed by atoms with Crippen molar-refractivity contribution in [2.24, 2.45) is 0 Å². The largest absolute Gasteiger partial charge is 0.333 e. The number of carbonyl (C=O) groups is 1. The van der Waals surface area contributed by atoms with Crippen molar-refractivity contribution in [3.05, 3.63) is 70.6 Å². The van der Waals surface area contributed by atoms with Gasteiger partial charge in [0.2, 0.25) is 0 Å². The minimum atomic E-state index is -0.0697. The van der Waals surface area contributed by atoms with E-state index < -0.39 is 0 Å². The fourth-order valence-corrected chi connectivity index (χ4v) is 3.96. The topological polar surface area (TPSA) is 67.2 Å². The number of carbonyl (C=O) groups excluding carboxylic acids is 1. The minimum Gasteiger partial charge on any atom is -0.333 e. The van der Waals surface area contributed by atoms with Gasteiger partial charge in [-0.25, -0.2) is 4.68 Å². The molecule has 1 atom stereocenters. The lowest BCUT2D eigenvalue weighted by molar-refractivity contribution is 0.0684. The van der Waals surface area contributed by atoms with Gasteiger partial charge in [-0.3, -0.25) is 9.69 Å². The molecule has 150 valence electrons. The van der Waals surface area contributed by atoms with Crippen LogP contribution in [0.5, 0.6) is 0 Å². The minimum absolute atomic E-state index is 0.0697. The van der Waals surface area contributed by atoms with Crippen molar-refractivity contribution < 1.29 is 4.79 Å². The van der Waals surface area contributed by atoms with Crippen LogP contribution in [0, 0.1) is 0 Å². The first-order valence-electron chi connectivity index (χ1n) is 9.71. The monoisotopic (exact) mass is 454 g/mol. The molecule has 0 aliphatic carbocycles. The van der Waals surface area contributed by atoms with Gasteiger partial charge in [-0.2, -0.15) is 5.10 Å². The van der Waals surface area contributed by atoms with E-state index in [0.717, 1.165) is 37.1 Å². The third kappa shape index (κ3) is 4.71. The molecule has 1 saturated heterocycles. The van der Waals surface area contributed by atoms with Gasteiger partial charge in [0.1, 0.15) is 0 Å². The molecule has 3 aromatic rings. The number of hydrogen-bond acceptors (Lipinski definition) is 5. The standard InChI is InChI=1S/C21H23BrN6O/c1-16-13-26(14-17-6-3-2-4-7-17)10-5-11-27(16)21(29)19-8-9-20(25-24-19)28-15-18(22)12-23-28/h2-4,6-9,12,15-16H,5,10-11,13-14H2,1H3. The van der Waals surface area contributed by atoms with Crippen LogP contribution in [0.4, 0.5) is 0 Å². The lowest BCUT2D eigenvalue weighted by Crippen LogP contribution is -2.42. The second-order valence-corrected chi connectivity index (χ2v) is 8.22. The highest BCUT2D eigenvalue weighted by Crippen LogP contribution is 2.16. The Bertz CT molecular complexity index is 959. The zero-order valence-electron chi connectivity index (χ0n) is 16.3. The fraction of sp³-hybridized carbons (Fsp3) is 0.333. The summed E-state index contributed by atoms with van der Waals surface area (Å²) in [7, 11) is 0. The number of benzene rings is 1. The van der Waals surface area contributed by atoms with Crippen LogP contribution in [-0.2, 0) is 6.54 Å². The summed E-state index contributed by atoms with van der Waals surface area (Å²) in [5, 5.41) is 12.5. The highest BCUT2D eigenvalue weighted by Gasteiger charge is 2.27. The van der Waals surface area contributed by atoms with E-state index in [9.17, 15) is 4.79 Å². The van der Waals surface area contributed by atoms with Crippen LogP contribution >= 0.6 is 15.9 Å². The summed E-state index contributed by atoms with van der Waals surface area (Å²) in [5.41, 5.74) is 1.66. The first-order chi connectivity index (χ1) is 14.1. The van der Waals surface area contributed by atoms with Crippen molar-refractivity contribution in [1.29, 1.82) is 0 Å². The first-order valence-corrected chi connectivity index (χ1v) is 10.5. The fourth-order valence-electron chi connectivity index (χ4n) is 3.67. The van der Waals surface area contributed by atoms with Crippen LogP contribution in [0.3, 0.4) is 0 Å². The molecular weight excluding hydrogens is 432 g/mol. The van der Waals surface area contributed by atoms with Crippen LogP contribution in [0.1, 0.15) is 29.4 Å². The Hall–Kier alpha value is -2.58. The molecule has 4 rings (SSSR count). The van der Waals surface area contributed by atoms with Crippen molar-refractivity contribution in [2.75, 3.05) is 19.6 Å². The maximum atomic E-state index is 13.1. The molecule has 0 saturated carbocycles. The second-order valence-electron chi connectivity index (χ2n) is 7.30. The summed E-state index contributed by atoms with van der Waals surface area (Å²) in [6.45, 7) is 5.54. The lowest BCUT2D eigenvalue weighted by Gasteiger charge is -2.28. The zero-order valence-corrected chi connectivity index (χ0v) is 17.9. The van der Waals surface area contributed by atoms with Crippen molar-refractivity contribution in [3.63, 3.8) is 0 Å². The van der Waals surface area contributed by atoms with Crippen LogP contribution in [0.25, 0.3) is 5.82 Å². The van der Waals surface area contributed by atoms with E-state index in [-0.39, 0.29) is 11.9 Å². The average Bonchev–Trinajstić information content (AvgIpc) is 3.09. The normalized spacial score (nSPS) is 17.9. The molecule has 0 bridgehead atoms. The Morgan fingerprint density at radius 2 is 1.97 bits per heavy atom. The predicted octanol–water partition coefficient (Wildman–Crippen LogP) is 3.16. The van der Waals surface area contributed by atoms with Gasteiger partial charge in [0, 0.05) is 38.4 Å². The Kier molecular flexibility index (Phi) is 6.01. The number of hydrogen-bond donors (Lipinski definition) is 0. The molecule has 1 amide bonds. The molecule has 7 nitrogen and oxygen atoms in total. The predicted molar refractivity (Wildman–Crippen MR) is 114 cm³/mol. The molecule has 2 aromatic heterocycles. The third-order valence-corrected chi connectivity index (χ3v) is 5.50. The lowest BCUT2D eigenvalue weighted by atomic mass is 10.2. The van der Waals surface area contributed by atoms with Gasteiger partial charge in [-0.05, 0) is 47.0 Å². The Morgan fingerprint density at radius 3 is 2.66 bits per heavy atom. The van der Waals surface area contributed by atoms with E-state index in [2.05, 4.69) is 67.3 Å².